The Morgan fingerprint density at radius 2 is 2.19 bits per heavy atom. The van der Waals surface area contributed by atoms with Gasteiger partial charge in [-0.3, -0.25) is 14.7 Å². The Morgan fingerprint density at radius 3 is 2.97 bits per heavy atom. The Hall–Kier alpha value is -3.49. The van der Waals surface area contributed by atoms with Crippen LogP contribution in [-0.4, -0.2) is 65.8 Å². The van der Waals surface area contributed by atoms with E-state index in [1.54, 1.807) is 18.2 Å². The number of allylic oxidation sites excluding steroid dienone is 1. The number of benzene rings is 1. The molecule has 1 aromatic heterocycles. The highest BCUT2D eigenvalue weighted by molar-refractivity contribution is 6.30. The number of nitrogens with one attached hydrogen (secondary N) is 1. The van der Waals surface area contributed by atoms with E-state index in [-0.39, 0.29) is 18.7 Å². The van der Waals surface area contributed by atoms with Gasteiger partial charge in [0.1, 0.15) is 18.3 Å². The summed E-state index contributed by atoms with van der Waals surface area (Å²) in [6, 6.07) is 10.4. The van der Waals surface area contributed by atoms with Crippen molar-refractivity contribution in [3.63, 3.8) is 0 Å². The quantitative estimate of drug-likeness (QED) is 0.550. The topological polar surface area (TPSA) is 70.1 Å². The lowest BCUT2D eigenvalue weighted by atomic mass is 10.0. The average Bonchev–Trinajstić information content (AvgIpc) is 3.18. The second kappa shape index (κ2) is 10.6. The number of nitrogens with zero attached hydrogens (tertiary/aromatic N) is 4. The van der Waals surface area contributed by atoms with Crippen molar-refractivity contribution in [2.24, 2.45) is 4.99 Å². The van der Waals surface area contributed by atoms with Gasteiger partial charge in [-0.2, -0.15) is 0 Å². The van der Waals surface area contributed by atoms with E-state index < -0.39 is 5.82 Å². The van der Waals surface area contributed by atoms with E-state index in [0.717, 1.165) is 43.3 Å². The van der Waals surface area contributed by atoms with Crippen LogP contribution in [0.3, 0.4) is 0 Å². The molecule has 3 aliphatic rings. The number of ether oxygens (including phenoxy) is 1. The molecule has 2 unspecified atom stereocenters. The van der Waals surface area contributed by atoms with Crippen LogP contribution >= 0.6 is 11.6 Å². The lowest BCUT2D eigenvalue weighted by Crippen LogP contribution is -2.42. The minimum Gasteiger partial charge on any atom is -0.473 e. The molecule has 1 aromatic carbocycles. The number of hydrogen-bond acceptors (Lipinski definition) is 6. The number of amidine groups is 1. The highest BCUT2D eigenvalue weighted by Crippen LogP contribution is 2.26. The molecule has 9 heteroatoms. The summed E-state index contributed by atoms with van der Waals surface area (Å²) < 4.78 is 19.8. The smallest absolute Gasteiger partial charge is 0.214 e. The molecular formula is C27H27ClFN5O2. The summed E-state index contributed by atoms with van der Waals surface area (Å²) in [4.78, 5) is 24.8. The number of rotatable bonds is 8. The molecule has 0 saturated heterocycles. The first kappa shape index (κ1) is 24.2. The summed E-state index contributed by atoms with van der Waals surface area (Å²) in [6.45, 7) is 2.53. The van der Waals surface area contributed by atoms with Crippen LogP contribution in [0.25, 0.3) is 5.57 Å². The van der Waals surface area contributed by atoms with E-state index in [9.17, 15) is 9.18 Å². The normalized spacial score (nSPS) is 21.4. The monoisotopic (exact) mass is 507 g/mol. The summed E-state index contributed by atoms with van der Waals surface area (Å²) in [5.41, 5.74) is 3.25. The van der Waals surface area contributed by atoms with Crippen LogP contribution in [0.4, 0.5) is 4.39 Å². The maximum atomic E-state index is 14.0. The summed E-state index contributed by atoms with van der Waals surface area (Å²) in [6.07, 6.45) is 9.76. The second-order valence-electron chi connectivity index (χ2n) is 8.98. The van der Waals surface area contributed by atoms with E-state index in [0.29, 0.717) is 22.9 Å². The number of carbonyl (C=O) groups excluding carboxylic acids is 1. The number of pyridine rings is 1. The number of fused-ring (bicyclic) bond motifs is 1. The number of hydrogen-bond donors (Lipinski definition) is 1. The lowest BCUT2D eigenvalue weighted by molar-refractivity contribution is -0.108. The molecule has 1 aliphatic carbocycles. The molecule has 0 saturated carbocycles. The highest BCUT2D eigenvalue weighted by atomic mass is 35.5. The van der Waals surface area contributed by atoms with E-state index in [1.165, 1.54) is 11.6 Å². The summed E-state index contributed by atoms with van der Waals surface area (Å²) >= 11 is 5.82. The van der Waals surface area contributed by atoms with E-state index in [4.69, 9.17) is 21.3 Å². The first-order chi connectivity index (χ1) is 17.5. The van der Waals surface area contributed by atoms with Crippen molar-refractivity contribution in [1.29, 1.82) is 0 Å². The minimum absolute atomic E-state index is 0.0154. The van der Waals surface area contributed by atoms with Crippen LogP contribution in [0.2, 0.25) is 5.02 Å². The Kier molecular flexibility index (Phi) is 7.16. The SMILES string of the molecule is CN1C(CN2CC=C(c3cccc(OCc4ccc(Cl)cc4F)n3)CC2)=NC2C=C(NC=O)C=CC21. The van der Waals surface area contributed by atoms with Gasteiger partial charge in [-0.15, -0.1) is 0 Å². The summed E-state index contributed by atoms with van der Waals surface area (Å²) in [5.74, 6) is 1.10. The maximum Gasteiger partial charge on any atom is 0.214 e. The molecule has 2 aromatic rings. The fourth-order valence-corrected chi connectivity index (χ4v) is 4.79. The van der Waals surface area contributed by atoms with Crippen LogP contribution in [0.5, 0.6) is 5.88 Å². The van der Waals surface area contributed by atoms with Gasteiger partial charge in [0.15, 0.2) is 0 Å². The fourth-order valence-electron chi connectivity index (χ4n) is 4.63. The van der Waals surface area contributed by atoms with E-state index >= 15 is 0 Å². The first-order valence-corrected chi connectivity index (χ1v) is 12.2. The first-order valence-electron chi connectivity index (χ1n) is 11.9. The van der Waals surface area contributed by atoms with Crippen LogP contribution in [0, 0.1) is 5.82 Å². The van der Waals surface area contributed by atoms with Crippen LogP contribution in [0.15, 0.2) is 71.4 Å². The lowest BCUT2D eigenvalue weighted by Gasteiger charge is -2.30. The van der Waals surface area contributed by atoms with Gasteiger partial charge < -0.3 is 15.0 Å². The van der Waals surface area contributed by atoms with Crippen molar-refractivity contribution >= 4 is 29.4 Å². The maximum absolute atomic E-state index is 14.0. The number of aromatic nitrogens is 1. The Morgan fingerprint density at radius 1 is 1.31 bits per heavy atom. The minimum atomic E-state index is -0.393. The predicted molar refractivity (Wildman–Crippen MR) is 138 cm³/mol. The molecule has 1 N–H and O–H groups in total. The van der Waals surface area contributed by atoms with Crippen molar-refractivity contribution in [3.8, 4) is 5.88 Å². The van der Waals surface area contributed by atoms with Gasteiger partial charge in [-0.1, -0.05) is 35.9 Å². The van der Waals surface area contributed by atoms with Crippen molar-refractivity contribution in [3.05, 3.63) is 88.5 Å². The fraction of sp³-hybridized carbons (Fsp3) is 0.296. The van der Waals surface area contributed by atoms with Gasteiger partial charge in [-0.25, -0.2) is 9.37 Å². The molecule has 3 heterocycles. The number of aliphatic imine (C=N–C) groups is 1. The van der Waals surface area contributed by atoms with Gasteiger partial charge in [0.2, 0.25) is 12.3 Å². The molecule has 5 rings (SSSR count). The highest BCUT2D eigenvalue weighted by Gasteiger charge is 2.33. The molecule has 2 aliphatic heterocycles. The van der Waals surface area contributed by atoms with Crippen molar-refractivity contribution in [1.82, 2.24) is 20.1 Å². The van der Waals surface area contributed by atoms with Crippen LogP contribution < -0.4 is 10.1 Å². The zero-order chi connectivity index (χ0) is 25.1. The van der Waals surface area contributed by atoms with Gasteiger partial charge in [0.25, 0.3) is 0 Å². The third kappa shape index (κ3) is 5.34. The number of halogens is 2. The standard InChI is InChI=1S/C27H27ClFN5O2/c1-33-25-8-7-21(30-17-35)14-24(25)31-26(33)15-34-11-9-18(10-12-34)23-3-2-4-27(32-23)36-16-19-5-6-20(28)13-22(19)29/h2-9,13-14,17,24-25H,10-12,15-16H2,1H3,(H,30,35). The Balaban J connectivity index is 1.19. The van der Waals surface area contributed by atoms with Gasteiger partial charge >= 0.3 is 0 Å². The van der Waals surface area contributed by atoms with E-state index in [1.807, 2.05) is 24.3 Å². The summed E-state index contributed by atoms with van der Waals surface area (Å²) in [7, 11) is 2.07. The van der Waals surface area contributed by atoms with Gasteiger partial charge in [-0.05, 0) is 42.3 Å². The molecule has 0 fully saturated rings. The van der Waals surface area contributed by atoms with Crippen molar-refractivity contribution < 1.29 is 13.9 Å². The number of likely N-dealkylation sites (N-methyl/N-ethyl adjacent to an activating group) is 1. The van der Waals surface area contributed by atoms with Crippen molar-refractivity contribution in [2.45, 2.75) is 25.1 Å². The molecule has 0 spiro atoms. The molecule has 7 nitrogen and oxygen atoms in total. The molecule has 36 heavy (non-hydrogen) atoms. The Bertz CT molecular complexity index is 1270. The zero-order valence-corrected chi connectivity index (χ0v) is 20.7. The third-order valence-corrected chi connectivity index (χ3v) is 6.89. The van der Waals surface area contributed by atoms with Gasteiger partial charge in [0.05, 0.1) is 24.3 Å². The summed E-state index contributed by atoms with van der Waals surface area (Å²) in [5, 5.41) is 3.06. The molecule has 186 valence electrons. The largest absolute Gasteiger partial charge is 0.473 e. The average molecular weight is 508 g/mol. The predicted octanol–water partition coefficient (Wildman–Crippen LogP) is 3.82. The molecule has 0 radical (unpaired) electrons. The molecular weight excluding hydrogens is 481 g/mol. The Labute approximate surface area is 214 Å². The number of amides is 1. The second-order valence-corrected chi connectivity index (χ2v) is 9.42. The molecule has 0 bridgehead atoms. The number of carbonyl (C=O) groups is 1. The van der Waals surface area contributed by atoms with Crippen LogP contribution in [-0.2, 0) is 11.4 Å². The van der Waals surface area contributed by atoms with E-state index in [2.05, 4.69) is 39.3 Å². The van der Waals surface area contributed by atoms with Crippen LogP contribution in [0.1, 0.15) is 17.7 Å². The zero-order valence-electron chi connectivity index (χ0n) is 19.9. The molecule has 2 atom stereocenters. The third-order valence-electron chi connectivity index (χ3n) is 6.65. The molecule has 1 amide bonds. The van der Waals surface area contributed by atoms with Gasteiger partial charge in [0, 0.05) is 42.5 Å². The van der Waals surface area contributed by atoms with Crippen molar-refractivity contribution in [2.75, 3.05) is 26.7 Å².